The molecule has 1 aliphatic rings. The fraction of sp³-hybridized carbons (Fsp3) is 0.0566. The van der Waals surface area contributed by atoms with Crippen molar-refractivity contribution >= 4 is 45.2 Å². The van der Waals surface area contributed by atoms with Crippen molar-refractivity contribution < 1.29 is 0 Å². The van der Waals surface area contributed by atoms with E-state index in [9.17, 15) is 0 Å². The quantitative estimate of drug-likeness (QED) is 0.156. The second-order valence-corrected chi connectivity index (χ2v) is 15.1. The first-order valence-electron chi connectivity index (χ1n) is 19.5. The van der Waals surface area contributed by atoms with Crippen molar-refractivity contribution in [3.05, 3.63) is 217 Å². The van der Waals surface area contributed by atoms with Gasteiger partial charge in [0.25, 0.3) is 0 Å². The van der Waals surface area contributed by atoms with Crippen LogP contribution in [0.3, 0.4) is 0 Å². The summed E-state index contributed by atoms with van der Waals surface area (Å²) < 4.78 is 0. The highest BCUT2D eigenvalue weighted by Crippen LogP contribution is 2.51. The second-order valence-electron chi connectivity index (χ2n) is 15.1. The minimum absolute atomic E-state index is 0.0658. The molecule has 0 radical (unpaired) electrons. The van der Waals surface area contributed by atoms with Crippen molar-refractivity contribution in [3.63, 3.8) is 0 Å². The van der Waals surface area contributed by atoms with Crippen molar-refractivity contribution in [2.24, 2.45) is 0 Å². The SMILES string of the molecule is CC1(C)c2ccccc2-c2cc(N(c3ccccc3)c3cccc(-c4nc5ccccc5nc4-c4cccc(N(c5ccccc5)c5ccccc5)c4)c3)ccc21. The molecule has 4 heteroatoms. The summed E-state index contributed by atoms with van der Waals surface area (Å²) in [6, 6.07) is 72.9. The van der Waals surface area contributed by atoms with Gasteiger partial charge >= 0.3 is 0 Å². The minimum Gasteiger partial charge on any atom is -0.310 e. The lowest BCUT2D eigenvalue weighted by molar-refractivity contribution is 0.660. The van der Waals surface area contributed by atoms with Crippen molar-refractivity contribution in [3.8, 4) is 33.6 Å². The highest BCUT2D eigenvalue weighted by molar-refractivity contribution is 5.91. The van der Waals surface area contributed by atoms with Gasteiger partial charge in [-0.25, -0.2) is 9.97 Å². The summed E-state index contributed by atoms with van der Waals surface area (Å²) >= 11 is 0. The maximum absolute atomic E-state index is 5.35. The van der Waals surface area contributed by atoms with Crippen molar-refractivity contribution in [1.82, 2.24) is 9.97 Å². The number of anilines is 6. The van der Waals surface area contributed by atoms with Gasteiger partial charge in [-0.2, -0.15) is 0 Å². The van der Waals surface area contributed by atoms with Gasteiger partial charge in [-0.05, 0) is 107 Å². The third kappa shape index (κ3) is 6.12. The standard InChI is InChI=1S/C53H40N4/c1-53(2)47-29-13-12-28-45(47)46-36-44(32-33-48(46)53)57(41-24-10-5-11-25-41)43-27-17-19-38(35-43)52-51(54-49-30-14-15-31-50(49)55-52)37-18-16-26-42(34-37)56(39-20-6-3-7-21-39)40-22-8-4-9-23-40/h3-36H,1-2H3. The van der Waals surface area contributed by atoms with Crippen LogP contribution in [-0.4, -0.2) is 9.97 Å². The largest absolute Gasteiger partial charge is 0.310 e. The van der Waals surface area contributed by atoms with Crippen LogP contribution in [0.2, 0.25) is 0 Å². The van der Waals surface area contributed by atoms with Crippen LogP contribution in [0, 0.1) is 0 Å². The molecule has 8 aromatic carbocycles. The summed E-state index contributed by atoms with van der Waals surface area (Å²) in [6.45, 7) is 4.66. The molecule has 0 spiro atoms. The average molecular weight is 733 g/mol. The summed E-state index contributed by atoms with van der Waals surface area (Å²) in [5, 5.41) is 0. The van der Waals surface area contributed by atoms with E-state index >= 15 is 0 Å². The van der Waals surface area contributed by atoms with E-state index in [0.29, 0.717) is 0 Å². The molecule has 0 saturated carbocycles. The summed E-state index contributed by atoms with van der Waals surface area (Å²) in [5.41, 5.74) is 17.0. The van der Waals surface area contributed by atoms with Gasteiger partial charge in [0.05, 0.1) is 22.4 Å². The lowest BCUT2D eigenvalue weighted by Crippen LogP contribution is -2.15. The van der Waals surface area contributed by atoms with E-state index in [0.717, 1.165) is 67.7 Å². The first kappa shape index (κ1) is 34.2. The van der Waals surface area contributed by atoms with Gasteiger partial charge in [0, 0.05) is 50.7 Å². The molecule has 1 aliphatic carbocycles. The lowest BCUT2D eigenvalue weighted by Gasteiger charge is -2.27. The monoisotopic (exact) mass is 732 g/mol. The molecule has 0 unspecified atom stereocenters. The molecule has 57 heavy (non-hydrogen) atoms. The number of nitrogens with zero attached hydrogens (tertiary/aromatic N) is 4. The number of benzene rings is 8. The van der Waals surface area contributed by atoms with Gasteiger partial charge in [-0.15, -0.1) is 0 Å². The van der Waals surface area contributed by atoms with Crippen LogP contribution >= 0.6 is 0 Å². The van der Waals surface area contributed by atoms with Gasteiger partial charge in [-0.3, -0.25) is 0 Å². The molecule has 1 aromatic heterocycles. The average Bonchev–Trinajstić information content (AvgIpc) is 3.50. The molecule has 0 N–H and O–H groups in total. The fourth-order valence-corrected chi connectivity index (χ4v) is 8.46. The third-order valence-corrected chi connectivity index (χ3v) is 11.2. The lowest BCUT2D eigenvalue weighted by atomic mass is 9.82. The Morgan fingerprint density at radius 3 is 1.26 bits per heavy atom. The zero-order valence-electron chi connectivity index (χ0n) is 31.9. The molecule has 0 atom stereocenters. The second kappa shape index (κ2) is 14.1. The van der Waals surface area contributed by atoms with Gasteiger partial charge in [-0.1, -0.05) is 135 Å². The first-order chi connectivity index (χ1) is 28.0. The molecular formula is C53H40N4. The van der Waals surface area contributed by atoms with Gasteiger partial charge in [0.1, 0.15) is 0 Å². The smallest absolute Gasteiger partial charge is 0.0973 e. The van der Waals surface area contributed by atoms with E-state index in [2.05, 4.69) is 206 Å². The zero-order chi connectivity index (χ0) is 38.3. The summed E-state index contributed by atoms with van der Waals surface area (Å²) in [7, 11) is 0. The molecule has 0 saturated heterocycles. The molecule has 1 heterocycles. The Labute approximate surface area is 334 Å². The molecule has 272 valence electrons. The van der Waals surface area contributed by atoms with Crippen LogP contribution in [0.1, 0.15) is 25.0 Å². The van der Waals surface area contributed by atoms with E-state index in [1.54, 1.807) is 0 Å². The van der Waals surface area contributed by atoms with E-state index < -0.39 is 0 Å². The van der Waals surface area contributed by atoms with E-state index in [1.807, 2.05) is 24.3 Å². The van der Waals surface area contributed by atoms with Gasteiger partial charge < -0.3 is 9.80 Å². The van der Waals surface area contributed by atoms with Gasteiger partial charge in [0.2, 0.25) is 0 Å². The fourth-order valence-electron chi connectivity index (χ4n) is 8.46. The summed E-state index contributed by atoms with van der Waals surface area (Å²) in [4.78, 5) is 15.3. The Kier molecular flexibility index (Phi) is 8.45. The minimum atomic E-state index is -0.0658. The third-order valence-electron chi connectivity index (χ3n) is 11.2. The topological polar surface area (TPSA) is 32.3 Å². The van der Waals surface area contributed by atoms with Crippen molar-refractivity contribution in [2.75, 3.05) is 9.80 Å². The van der Waals surface area contributed by atoms with Crippen LogP contribution in [0.5, 0.6) is 0 Å². The molecule has 0 aliphatic heterocycles. The first-order valence-corrected chi connectivity index (χ1v) is 19.5. The number of rotatable bonds is 8. The Bertz CT molecular complexity index is 2850. The Morgan fingerprint density at radius 1 is 0.333 bits per heavy atom. The van der Waals surface area contributed by atoms with Crippen LogP contribution in [0.15, 0.2) is 206 Å². The van der Waals surface area contributed by atoms with Crippen LogP contribution in [0.4, 0.5) is 34.1 Å². The number of hydrogen-bond donors (Lipinski definition) is 0. The molecule has 0 amide bonds. The zero-order valence-corrected chi connectivity index (χ0v) is 31.9. The Balaban J connectivity index is 1.13. The summed E-state index contributed by atoms with van der Waals surface area (Å²) in [5.74, 6) is 0. The van der Waals surface area contributed by atoms with Crippen molar-refractivity contribution in [1.29, 1.82) is 0 Å². The number of fused-ring (bicyclic) bond motifs is 4. The normalized spacial score (nSPS) is 12.5. The predicted octanol–water partition coefficient (Wildman–Crippen LogP) is 14.2. The molecule has 0 fully saturated rings. The predicted molar refractivity (Wildman–Crippen MR) is 237 cm³/mol. The van der Waals surface area contributed by atoms with E-state index in [4.69, 9.17) is 9.97 Å². The maximum atomic E-state index is 5.35. The maximum Gasteiger partial charge on any atom is 0.0973 e. The van der Waals surface area contributed by atoms with Crippen LogP contribution in [0.25, 0.3) is 44.7 Å². The molecule has 9 aromatic rings. The summed E-state index contributed by atoms with van der Waals surface area (Å²) in [6.07, 6.45) is 0. The molecular weight excluding hydrogens is 693 g/mol. The highest BCUT2D eigenvalue weighted by atomic mass is 15.1. The Morgan fingerprint density at radius 2 is 0.737 bits per heavy atom. The number of para-hydroxylation sites is 5. The van der Waals surface area contributed by atoms with E-state index in [1.165, 1.54) is 22.3 Å². The number of hydrogen-bond acceptors (Lipinski definition) is 4. The van der Waals surface area contributed by atoms with E-state index in [-0.39, 0.29) is 5.41 Å². The van der Waals surface area contributed by atoms with Crippen LogP contribution < -0.4 is 9.80 Å². The van der Waals surface area contributed by atoms with Crippen LogP contribution in [-0.2, 0) is 5.41 Å². The molecule has 10 rings (SSSR count). The number of aromatic nitrogens is 2. The van der Waals surface area contributed by atoms with Gasteiger partial charge in [0.15, 0.2) is 0 Å². The Hall–Kier alpha value is -7.30. The highest BCUT2D eigenvalue weighted by Gasteiger charge is 2.35. The molecule has 0 bridgehead atoms. The van der Waals surface area contributed by atoms with Crippen molar-refractivity contribution in [2.45, 2.75) is 19.3 Å². The molecule has 4 nitrogen and oxygen atoms in total.